The molecule has 0 unspecified atom stereocenters. The number of hydrogen-bond donors (Lipinski definition) is 1. The van der Waals surface area contributed by atoms with Crippen molar-refractivity contribution in [3.05, 3.63) is 34.9 Å². The SMILES string of the molecule is COC[C@H](N)c1c(F)ccc(C)c1F. The van der Waals surface area contributed by atoms with E-state index in [1.807, 2.05) is 0 Å². The molecule has 0 amide bonds. The van der Waals surface area contributed by atoms with Crippen molar-refractivity contribution in [2.45, 2.75) is 13.0 Å². The Hall–Kier alpha value is -1.00. The lowest BCUT2D eigenvalue weighted by Crippen LogP contribution is -2.19. The Bertz CT molecular complexity index is 328. The Morgan fingerprint density at radius 1 is 1.43 bits per heavy atom. The summed E-state index contributed by atoms with van der Waals surface area (Å²) in [6, 6.07) is 1.83. The monoisotopic (exact) mass is 201 g/mol. The first-order chi connectivity index (χ1) is 6.57. The summed E-state index contributed by atoms with van der Waals surface area (Å²) in [5.41, 5.74) is 5.85. The van der Waals surface area contributed by atoms with Crippen LogP contribution < -0.4 is 5.73 Å². The Kier molecular flexibility index (Phi) is 3.55. The van der Waals surface area contributed by atoms with Crippen LogP contribution >= 0.6 is 0 Å². The van der Waals surface area contributed by atoms with Crippen LogP contribution in [-0.2, 0) is 4.74 Å². The zero-order valence-corrected chi connectivity index (χ0v) is 8.18. The second-order valence-corrected chi connectivity index (χ2v) is 3.15. The smallest absolute Gasteiger partial charge is 0.133 e. The summed E-state index contributed by atoms with van der Waals surface area (Å²) >= 11 is 0. The number of nitrogens with two attached hydrogens (primary N) is 1. The molecule has 2 nitrogen and oxygen atoms in total. The minimum absolute atomic E-state index is 0.0945. The van der Waals surface area contributed by atoms with Crippen molar-refractivity contribution in [1.82, 2.24) is 0 Å². The number of rotatable bonds is 3. The van der Waals surface area contributed by atoms with Crippen molar-refractivity contribution < 1.29 is 13.5 Å². The molecule has 0 aliphatic heterocycles. The van der Waals surface area contributed by atoms with Gasteiger partial charge in [-0.05, 0) is 18.6 Å². The topological polar surface area (TPSA) is 35.2 Å². The number of benzene rings is 1. The molecule has 1 rings (SSSR count). The van der Waals surface area contributed by atoms with Crippen LogP contribution in [0, 0.1) is 18.6 Å². The molecular weight excluding hydrogens is 188 g/mol. The van der Waals surface area contributed by atoms with Gasteiger partial charge in [0.25, 0.3) is 0 Å². The van der Waals surface area contributed by atoms with Gasteiger partial charge >= 0.3 is 0 Å². The fourth-order valence-corrected chi connectivity index (χ4v) is 1.28. The van der Waals surface area contributed by atoms with E-state index in [1.165, 1.54) is 19.2 Å². The van der Waals surface area contributed by atoms with Gasteiger partial charge in [0.05, 0.1) is 12.6 Å². The summed E-state index contributed by atoms with van der Waals surface area (Å²) in [7, 11) is 1.44. The highest BCUT2D eigenvalue weighted by molar-refractivity contribution is 5.29. The second kappa shape index (κ2) is 4.48. The first-order valence-electron chi connectivity index (χ1n) is 4.27. The third-order valence-electron chi connectivity index (χ3n) is 2.04. The van der Waals surface area contributed by atoms with Crippen LogP contribution in [-0.4, -0.2) is 13.7 Å². The van der Waals surface area contributed by atoms with E-state index in [2.05, 4.69) is 0 Å². The highest BCUT2D eigenvalue weighted by atomic mass is 19.1. The largest absolute Gasteiger partial charge is 0.383 e. The minimum Gasteiger partial charge on any atom is -0.383 e. The molecule has 0 heterocycles. The van der Waals surface area contributed by atoms with Gasteiger partial charge in [0.15, 0.2) is 0 Å². The third kappa shape index (κ3) is 2.08. The quantitative estimate of drug-likeness (QED) is 0.810. The van der Waals surface area contributed by atoms with Crippen LogP contribution in [0.2, 0.25) is 0 Å². The number of halogens is 2. The van der Waals surface area contributed by atoms with E-state index in [0.29, 0.717) is 5.56 Å². The summed E-state index contributed by atoms with van der Waals surface area (Å²) in [4.78, 5) is 0. The van der Waals surface area contributed by atoms with Crippen molar-refractivity contribution in [1.29, 1.82) is 0 Å². The predicted molar refractivity (Wildman–Crippen MR) is 49.9 cm³/mol. The first kappa shape index (κ1) is 11.1. The average Bonchev–Trinajstić information content (AvgIpc) is 2.13. The van der Waals surface area contributed by atoms with Crippen LogP contribution in [0.25, 0.3) is 0 Å². The van der Waals surface area contributed by atoms with Gasteiger partial charge in [0.1, 0.15) is 11.6 Å². The summed E-state index contributed by atoms with van der Waals surface area (Å²) in [5, 5.41) is 0. The van der Waals surface area contributed by atoms with Crippen molar-refractivity contribution >= 4 is 0 Å². The number of ether oxygens (including phenoxy) is 1. The van der Waals surface area contributed by atoms with Crippen LogP contribution in [0.15, 0.2) is 12.1 Å². The van der Waals surface area contributed by atoms with Crippen LogP contribution in [0.5, 0.6) is 0 Å². The zero-order valence-electron chi connectivity index (χ0n) is 8.18. The predicted octanol–water partition coefficient (Wildman–Crippen LogP) is 1.92. The van der Waals surface area contributed by atoms with Gasteiger partial charge < -0.3 is 10.5 Å². The fourth-order valence-electron chi connectivity index (χ4n) is 1.28. The molecule has 14 heavy (non-hydrogen) atoms. The van der Waals surface area contributed by atoms with E-state index in [-0.39, 0.29) is 12.2 Å². The molecule has 78 valence electrons. The molecule has 4 heteroatoms. The lowest BCUT2D eigenvalue weighted by molar-refractivity contribution is 0.178. The highest BCUT2D eigenvalue weighted by Crippen LogP contribution is 2.21. The molecule has 0 fully saturated rings. The lowest BCUT2D eigenvalue weighted by Gasteiger charge is -2.13. The van der Waals surface area contributed by atoms with Gasteiger partial charge in [-0.15, -0.1) is 0 Å². The molecule has 0 bridgehead atoms. The van der Waals surface area contributed by atoms with E-state index in [4.69, 9.17) is 10.5 Å². The molecule has 0 spiro atoms. The zero-order chi connectivity index (χ0) is 10.7. The number of aryl methyl sites for hydroxylation is 1. The average molecular weight is 201 g/mol. The summed E-state index contributed by atoms with van der Waals surface area (Å²) in [6.45, 7) is 1.66. The standard InChI is InChI=1S/C10H13F2NO/c1-6-3-4-7(11)9(10(6)12)8(13)5-14-2/h3-4,8H,5,13H2,1-2H3/t8-/m0/s1. The molecule has 0 saturated heterocycles. The maximum absolute atomic E-state index is 13.5. The molecule has 0 aromatic heterocycles. The van der Waals surface area contributed by atoms with E-state index >= 15 is 0 Å². The van der Waals surface area contributed by atoms with E-state index in [0.717, 1.165) is 0 Å². The van der Waals surface area contributed by atoms with Gasteiger partial charge in [0.2, 0.25) is 0 Å². The molecule has 1 atom stereocenters. The van der Waals surface area contributed by atoms with Crippen molar-refractivity contribution in [3.63, 3.8) is 0 Å². The summed E-state index contributed by atoms with van der Waals surface area (Å²) in [5.74, 6) is -1.22. The maximum Gasteiger partial charge on any atom is 0.133 e. The minimum atomic E-state index is -0.764. The lowest BCUT2D eigenvalue weighted by atomic mass is 10.0. The van der Waals surface area contributed by atoms with E-state index in [9.17, 15) is 8.78 Å². The molecule has 0 radical (unpaired) electrons. The van der Waals surface area contributed by atoms with Crippen LogP contribution in [0.4, 0.5) is 8.78 Å². The third-order valence-corrected chi connectivity index (χ3v) is 2.04. The fraction of sp³-hybridized carbons (Fsp3) is 0.400. The van der Waals surface area contributed by atoms with E-state index < -0.39 is 17.7 Å². The molecular formula is C10H13F2NO. The summed E-state index contributed by atoms with van der Waals surface area (Å²) < 4.78 is 31.4. The molecule has 0 aliphatic carbocycles. The Morgan fingerprint density at radius 2 is 2.07 bits per heavy atom. The highest BCUT2D eigenvalue weighted by Gasteiger charge is 2.17. The first-order valence-corrected chi connectivity index (χ1v) is 4.27. The molecule has 1 aromatic rings. The van der Waals surface area contributed by atoms with Gasteiger partial charge in [-0.2, -0.15) is 0 Å². The molecule has 1 aromatic carbocycles. The summed E-state index contributed by atoms with van der Waals surface area (Å²) in [6.07, 6.45) is 0. The van der Waals surface area contributed by atoms with Crippen molar-refractivity contribution in [2.24, 2.45) is 5.73 Å². The number of methoxy groups -OCH3 is 1. The Labute approximate surface area is 81.7 Å². The van der Waals surface area contributed by atoms with Gasteiger partial charge in [-0.1, -0.05) is 6.07 Å². The van der Waals surface area contributed by atoms with Crippen LogP contribution in [0.1, 0.15) is 17.2 Å². The maximum atomic E-state index is 13.5. The van der Waals surface area contributed by atoms with Gasteiger partial charge in [-0.25, -0.2) is 8.78 Å². The normalized spacial score (nSPS) is 12.9. The molecule has 2 N–H and O–H groups in total. The number of hydrogen-bond acceptors (Lipinski definition) is 2. The van der Waals surface area contributed by atoms with Crippen LogP contribution in [0.3, 0.4) is 0 Å². The van der Waals surface area contributed by atoms with Crippen molar-refractivity contribution in [3.8, 4) is 0 Å². The van der Waals surface area contributed by atoms with E-state index in [1.54, 1.807) is 6.92 Å². The second-order valence-electron chi connectivity index (χ2n) is 3.15. The van der Waals surface area contributed by atoms with Gasteiger partial charge in [0, 0.05) is 12.7 Å². The molecule has 0 saturated carbocycles. The molecule has 0 aliphatic rings. The van der Waals surface area contributed by atoms with Gasteiger partial charge in [-0.3, -0.25) is 0 Å². The Balaban J connectivity index is 3.11. The van der Waals surface area contributed by atoms with Crippen molar-refractivity contribution in [2.75, 3.05) is 13.7 Å². The Morgan fingerprint density at radius 3 is 2.64 bits per heavy atom.